The third-order valence-electron chi connectivity index (χ3n) is 2.88. The van der Waals surface area contributed by atoms with Crippen LogP contribution in [0.5, 0.6) is 0 Å². The van der Waals surface area contributed by atoms with Crippen LogP contribution in [0.15, 0.2) is 40.6 Å². The molecule has 2 rings (SSSR count). The molecule has 1 N–H and O–H groups in total. The van der Waals surface area contributed by atoms with Crippen LogP contribution in [-0.2, 0) is 11.2 Å². The smallest absolute Gasteiger partial charge is 0.109 e. The van der Waals surface area contributed by atoms with Crippen molar-refractivity contribution in [3.05, 3.63) is 46.1 Å². The largest absolute Gasteiger partial charge is 0.496 e. The molecule has 0 fully saturated rings. The van der Waals surface area contributed by atoms with Gasteiger partial charge in [0.15, 0.2) is 0 Å². The lowest BCUT2D eigenvalue weighted by Gasteiger charge is -2.19. The quantitative estimate of drug-likeness (QED) is 0.900. The molecular weight excluding hydrogens is 278 g/mol. The number of rotatable bonds is 5. The topological polar surface area (TPSA) is 21.3 Å². The van der Waals surface area contributed by atoms with Gasteiger partial charge in [-0.1, -0.05) is 35.0 Å². The fourth-order valence-corrected chi connectivity index (χ4v) is 2.32. The van der Waals surface area contributed by atoms with Gasteiger partial charge in [0.1, 0.15) is 5.76 Å². The number of hydrogen-bond acceptors (Lipinski definition) is 2. The Bertz CT molecular complexity index is 386. The van der Waals surface area contributed by atoms with Gasteiger partial charge in [0, 0.05) is 10.9 Å². The minimum Gasteiger partial charge on any atom is -0.496 e. The first-order valence-corrected chi connectivity index (χ1v) is 6.89. The van der Waals surface area contributed by atoms with E-state index in [1.165, 1.54) is 5.56 Å². The van der Waals surface area contributed by atoms with Gasteiger partial charge in [0.05, 0.1) is 12.6 Å². The highest BCUT2D eigenvalue weighted by atomic mass is 79.9. The zero-order chi connectivity index (χ0) is 12.1. The maximum absolute atomic E-state index is 5.65. The van der Waals surface area contributed by atoms with Crippen LogP contribution in [0.2, 0.25) is 0 Å². The number of likely N-dealkylation sites (N-methyl/N-ethyl adjacent to an activating group) is 1. The molecule has 1 heterocycles. The second-order valence-electron chi connectivity index (χ2n) is 4.18. The van der Waals surface area contributed by atoms with Crippen molar-refractivity contribution in [3.63, 3.8) is 0 Å². The van der Waals surface area contributed by atoms with E-state index in [4.69, 9.17) is 4.74 Å². The molecule has 0 saturated heterocycles. The Morgan fingerprint density at radius 3 is 2.71 bits per heavy atom. The Labute approximate surface area is 111 Å². The molecule has 0 spiro atoms. The maximum atomic E-state index is 5.65. The summed E-state index contributed by atoms with van der Waals surface area (Å²) in [6.45, 7) is 3.92. The lowest BCUT2D eigenvalue weighted by molar-refractivity contribution is 0.215. The summed E-state index contributed by atoms with van der Waals surface area (Å²) in [6, 6.07) is 8.79. The molecule has 1 aromatic rings. The molecule has 0 aliphatic carbocycles. The molecule has 0 amide bonds. The SMILES string of the molecule is CCNC(Cc1ccc(Br)cc1)C1=CCCO1. The minimum absolute atomic E-state index is 0.309. The fraction of sp³-hybridized carbons (Fsp3) is 0.429. The van der Waals surface area contributed by atoms with Gasteiger partial charge in [-0.2, -0.15) is 0 Å². The molecule has 0 aromatic heterocycles. The highest BCUT2D eigenvalue weighted by Crippen LogP contribution is 2.18. The Balaban J connectivity index is 2.04. The number of ether oxygens (including phenoxy) is 1. The highest BCUT2D eigenvalue weighted by molar-refractivity contribution is 9.10. The summed E-state index contributed by atoms with van der Waals surface area (Å²) >= 11 is 3.46. The average Bonchev–Trinajstić information content (AvgIpc) is 2.85. The van der Waals surface area contributed by atoms with E-state index in [1.54, 1.807) is 0 Å². The van der Waals surface area contributed by atoms with Crippen LogP contribution in [0.25, 0.3) is 0 Å². The first kappa shape index (κ1) is 12.7. The summed E-state index contributed by atoms with van der Waals surface area (Å²) in [6.07, 6.45) is 4.22. The molecular formula is C14H18BrNO. The molecule has 0 bridgehead atoms. The van der Waals surface area contributed by atoms with Crippen LogP contribution in [-0.4, -0.2) is 19.2 Å². The maximum Gasteiger partial charge on any atom is 0.109 e. The van der Waals surface area contributed by atoms with E-state index in [9.17, 15) is 0 Å². The van der Waals surface area contributed by atoms with Gasteiger partial charge in [0.25, 0.3) is 0 Å². The third kappa shape index (κ3) is 3.58. The predicted molar refractivity (Wildman–Crippen MR) is 74.0 cm³/mol. The molecule has 1 aliphatic heterocycles. The van der Waals surface area contributed by atoms with Crippen molar-refractivity contribution in [2.75, 3.05) is 13.2 Å². The fourth-order valence-electron chi connectivity index (χ4n) is 2.06. The molecule has 2 nitrogen and oxygen atoms in total. The van der Waals surface area contributed by atoms with E-state index in [1.807, 2.05) is 0 Å². The van der Waals surface area contributed by atoms with Crippen molar-refractivity contribution in [2.24, 2.45) is 0 Å². The van der Waals surface area contributed by atoms with Crippen LogP contribution in [0.1, 0.15) is 18.9 Å². The van der Waals surface area contributed by atoms with E-state index in [0.29, 0.717) is 6.04 Å². The van der Waals surface area contributed by atoms with Crippen molar-refractivity contribution in [3.8, 4) is 0 Å². The molecule has 1 aliphatic rings. The van der Waals surface area contributed by atoms with E-state index in [0.717, 1.165) is 36.2 Å². The summed E-state index contributed by atoms with van der Waals surface area (Å²) in [4.78, 5) is 0. The lowest BCUT2D eigenvalue weighted by Crippen LogP contribution is -2.33. The second-order valence-corrected chi connectivity index (χ2v) is 5.10. The van der Waals surface area contributed by atoms with Gasteiger partial charge in [-0.3, -0.25) is 0 Å². The van der Waals surface area contributed by atoms with E-state index in [2.05, 4.69) is 58.5 Å². The zero-order valence-electron chi connectivity index (χ0n) is 10.1. The van der Waals surface area contributed by atoms with Crippen LogP contribution < -0.4 is 5.32 Å². The molecule has 17 heavy (non-hydrogen) atoms. The van der Waals surface area contributed by atoms with Crippen molar-refractivity contribution >= 4 is 15.9 Å². The number of benzene rings is 1. The normalized spacial score (nSPS) is 16.5. The summed E-state index contributed by atoms with van der Waals surface area (Å²) in [7, 11) is 0. The Kier molecular flexibility index (Phi) is 4.63. The molecule has 1 atom stereocenters. The Morgan fingerprint density at radius 2 is 2.12 bits per heavy atom. The number of nitrogens with one attached hydrogen (secondary N) is 1. The predicted octanol–water partition coefficient (Wildman–Crippen LogP) is 3.27. The van der Waals surface area contributed by atoms with Gasteiger partial charge >= 0.3 is 0 Å². The van der Waals surface area contributed by atoms with E-state index < -0.39 is 0 Å². The lowest BCUT2D eigenvalue weighted by atomic mass is 10.0. The van der Waals surface area contributed by atoms with Gasteiger partial charge in [-0.15, -0.1) is 0 Å². The first-order chi connectivity index (χ1) is 8.29. The van der Waals surface area contributed by atoms with Gasteiger partial charge in [-0.25, -0.2) is 0 Å². The van der Waals surface area contributed by atoms with Crippen molar-refractivity contribution in [1.82, 2.24) is 5.32 Å². The highest BCUT2D eigenvalue weighted by Gasteiger charge is 2.18. The van der Waals surface area contributed by atoms with Crippen LogP contribution in [0.3, 0.4) is 0 Å². The second kappa shape index (κ2) is 6.22. The van der Waals surface area contributed by atoms with Crippen molar-refractivity contribution < 1.29 is 4.74 Å². The van der Waals surface area contributed by atoms with Crippen LogP contribution >= 0.6 is 15.9 Å². The van der Waals surface area contributed by atoms with Gasteiger partial charge in [-0.05, 0) is 36.7 Å². The van der Waals surface area contributed by atoms with Gasteiger partial charge < -0.3 is 10.1 Å². The third-order valence-corrected chi connectivity index (χ3v) is 3.41. The summed E-state index contributed by atoms with van der Waals surface area (Å²) in [5.41, 5.74) is 1.33. The Hall–Kier alpha value is -0.800. The standard InChI is InChI=1S/C14H18BrNO/c1-2-16-13(14-4-3-9-17-14)10-11-5-7-12(15)8-6-11/h4-8,13,16H,2-3,9-10H2,1H3. The van der Waals surface area contributed by atoms with E-state index in [-0.39, 0.29) is 0 Å². The molecule has 0 radical (unpaired) electrons. The Morgan fingerprint density at radius 1 is 1.35 bits per heavy atom. The number of halogens is 1. The summed E-state index contributed by atoms with van der Waals surface area (Å²) in [5, 5.41) is 3.48. The molecule has 3 heteroatoms. The summed E-state index contributed by atoms with van der Waals surface area (Å²) in [5.74, 6) is 1.11. The first-order valence-electron chi connectivity index (χ1n) is 6.10. The van der Waals surface area contributed by atoms with E-state index >= 15 is 0 Å². The van der Waals surface area contributed by atoms with Gasteiger partial charge in [0.2, 0.25) is 0 Å². The van der Waals surface area contributed by atoms with Crippen LogP contribution in [0.4, 0.5) is 0 Å². The molecule has 0 saturated carbocycles. The minimum atomic E-state index is 0.309. The molecule has 1 aromatic carbocycles. The average molecular weight is 296 g/mol. The van der Waals surface area contributed by atoms with Crippen molar-refractivity contribution in [2.45, 2.75) is 25.8 Å². The molecule has 1 unspecified atom stereocenters. The van der Waals surface area contributed by atoms with Crippen LogP contribution in [0, 0.1) is 0 Å². The zero-order valence-corrected chi connectivity index (χ0v) is 11.7. The monoisotopic (exact) mass is 295 g/mol. The number of hydrogen-bond donors (Lipinski definition) is 1. The van der Waals surface area contributed by atoms with Crippen molar-refractivity contribution in [1.29, 1.82) is 0 Å². The molecule has 92 valence electrons. The summed E-state index contributed by atoms with van der Waals surface area (Å²) < 4.78 is 6.78.